The summed E-state index contributed by atoms with van der Waals surface area (Å²) >= 11 is 0. The number of hydrogen-bond donors (Lipinski definition) is 4. The Morgan fingerprint density at radius 2 is 1.50 bits per heavy atom. The summed E-state index contributed by atoms with van der Waals surface area (Å²) in [6.07, 6.45) is -0.658. The second kappa shape index (κ2) is 11.1. The Hall–Kier alpha value is -4.17. The molecule has 0 aliphatic carbocycles. The molecule has 4 N–H and O–H groups in total. The van der Waals surface area contributed by atoms with Gasteiger partial charge >= 0.3 is 6.09 Å². The molecule has 8 heteroatoms. The van der Waals surface area contributed by atoms with Crippen LogP contribution in [0.25, 0.3) is 21.8 Å². The SMILES string of the molecule is CC(C)C(NC(=O)OC(C)(C)C)C(=O)Nc1cc(CO)cc(Nc2c3ccccc3nc3ccccc23)c1. The number of ether oxygens (including phenoxy) is 1. The van der Waals surface area contributed by atoms with Crippen molar-refractivity contribution in [1.82, 2.24) is 10.3 Å². The van der Waals surface area contributed by atoms with Crippen molar-refractivity contribution >= 4 is 50.9 Å². The number of aliphatic hydroxyl groups is 1. The second-order valence-corrected chi connectivity index (χ2v) is 10.6. The summed E-state index contributed by atoms with van der Waals surface area (Å²) < 4.78 is 5.33. The number of anilines is 3. The van der Waals surface area contributed by atoms with Crippen LogP contribution in [0.3, 0.4) is 0 Å². The number of alkyl carbamates (subject to hydrolysis) is 1. The standard InChI is InChI=1S/C30H34N4O4/c1-18(2)26(34-29(37)38-30(3,4)5)28(36)32-21-15-19(17-35)14-20(16-21)31-27-22-10-6-8-12-24(22)33-25-13-9-7-11-23(25)27/h6-16,18,26,35H,17H2,1-5H3,(H,31,33)(H,32,36)(H,34,37). The number of aliphatic hydroxyl groups excluding tert-OH is 1. The molecule has 38 heavy (non-hydrogen) atoms. The fraction of sp³-hybridized carbons (Fsp3) is 0.300. The van der Waals surface area contributed by atoms with E-state index in [0.29, 0.717) is 16.9 Å². The van der Waals surface area contributed by atoms with Crippen molar-refractivity contribution < 1.29 is 19.4 Å². The van der Waals surface area contributed by atoms with Gasteiger partial charge in [-0.15, -0.1) is 0 Å². The molecule has 2 amide bonds. The molecule has 4 rings (SSSR count). The number of pyridine rings is 1. The number of carbonyl (C=O) groups is 2. The third-order valence-corrected chi connectivity index (χ3v) is 5.92. The van der Waals surface area contributed by atoms with Crippen LogP contribution in [-0.4, -0.2) is 33.7 Å². The number of rotatable bonds is 7. The van der Waals surface area contributed by atoms with Gasteiger partial charge in [-0.2, -0.15) is 0 Å². The Balaban J connectivity index is 1.64. The molecule has 0 fully saturated rings. The van der Waals surface area contributed by atoms with Crippen molar-refractivity contribution in [2.75, 3.05) is 10.6 Å². The summed E-state index contributed by atoms with van der Waals surface area (Å²) in [4.78, 5) is 30.3. The minimum atomic E-state index is -0.813. The van der Waals surface area contributed by atoms with E-state index in [0.717, 1.165) is 27.5 Å². The highest BCUT2D eigenvalue weighted by Crippen LogP contribution is 2.34. The van der Waals surface area contributed by atoms with E-state index >= 15 is 0 Å². The highest BCUT2D eigenvalue weighted by molar-refractivity contribution is 6.08. The molecule has 0 radical (unpaired) electrons. The molecule has 0 bridgehead atoms. The molecule has 0 aliphatic rings. The van der Waals surface area contributed by atoms with Gasteiger partial charge in [-0.05, 0) is 62.6 Å². The molecule has 0 saturated heterocycles. The van der Waals surface area contributed by atoms with Crippen molar-refractivity contribution in [3.8, 4) is 0 Å². The van der Waals surface area contributed by atoms with E-state index in [2.05, 4.69) is 16.0 Å². The first-order chi connectivity index (χ1) is 18.0. The van der Waals surface area contributed by atoms with Crippen molar-refractivity contribution in [2.45, 2.75) is 52.9 Å². The van der Waals surface area contributed by atoms with E-state index in [9.17, 15) is 14.7 Å². The molecular weight excluding hydrogens is 480 g/mol. The van der Waals surface area contributed by atoms with Crippen molar-refractivity contribution in [1.29, 1.82) is 0 Å². The lowest BCUT2D eigenvalue weighted by atomic mass is 10.0. The number of amides is 2. The molecule has 0 spiro atoms. The van der Waals surface area contributed by atoms with E-state index in [4.69, 9.17) is 9.72 Å². The summed E-state index contributed by atoms with van der Waals surface area (Å²) in [6, 6.07) is 20.3. The minimum absolute atomic E-state index is 0.185. The molecule has 0 saturated carbocycles. The number of carbonyl (C=O) groups excluding carboxylic acids is 2. The summed E-state index contributed by atoms with van der Waals surface area (Å²) in [5.74, 6) is -0.567. The molecule has 1 heterocycles. The molecule has 1 unspecified atom stereocenters. The van der Waals surface area contributed by atoms with E-state index in [1.54, 1.807) is 32.9 Å². The molecular formula is C30H34N4O4. The lowest BCUT2D eigenvalue weighted by Crippen LogP contribution is -2.48. The van der Waals surface area contributed by atoms with E-state index in [1.165, 1.54) is 0 Å². The quantitative estimate of drug-likeness (QED) is 0.221. The van der Waals surface area contributed by atoms with Crippen molar-refractivity contribution in [3.63, 3.8) is 0 Å². The van der Waals surface area contributed by atoms with Crippen LogP contribution in [0.5, 0.6) is 0 Å². The Labute approximate surface area is 222 Å². The predicted octanol–water partition coefficient (Wildman–Crippen LogP) is 6.11. The Morgan fingerprint density at radius 1 is 0.921 bits per heavy atom. The summed E-state index contributed by atoms with van der Waals surface area (Å²) in [5, 5.41) is 20.9. The molecule has 4 aromatic rings. The summed E-state index contributed by atoms with van der Waals surface area (Å²) in [5.41, 5.74) is 3.71. The van der Waals surface area contributed by atoms with Crippen LogP contribution in [0.2, 0.25) is 0 Å². The molecule has 0 aliphatic heterocycles. The van der Waals surface area contributed by atoms with Gasteiger partial charge in [-0.25, -0.2) is 9.78 Å². The number of hydrogen-bond acceptors (Lipinski definition) is 6. The van der Waals surface area contributed by atoms with Gasteiger partial charge in [0.05, 0.1) is 23.3 Å². The number of nitrogens with one attached hydrogen (secondary N) is 3. The van der Waals surface area contributed by atoms with Crippen molar-refractivity contribution in [2.24, 2.45) is 5.92 Å². The van der Waals surface area contributed by atoms with Crippen LogP contribution in [0.1, 0.15) is 40.2 Å². The molecule has 8 nitrogen and oxygen atoms in total. The number of fused-ring (bicyclic) bond motifs is 2. The average Bonchev–Trinajstić information content (AvgIpc) is 2.85. The molecule has 1 aromatic heterocycles. The number of benzene rings is 3. The van der Waals surface area contributed by atoms with Gasteiger partial charge in [-0.1, -0.05) is 50.2 Å². The third-order valence-electron chi connectivity index (χ3n) is 5.92. The average molecular weight is 515 g/mol. The zero-order valence-electron chi connectivity index (χ0n) is 22.3. The monoisotopic (exact) mass is 514 g/mol. The first-order valence-corrected chi connectivity index (χ1v) is 12.6. The van der Waals surface area contributed by atoms with Gasteiger partial charge in [-0.3, -0.25) is 4.79 Å². The molecule has 198 valence electrons. The van der Waals surface area contributed by atoms with Gasteiger partial charge in [0, 0.05) is 22.1 Å². The van der Waals surface area contributed by atoms with Crippen LogP contribution in [0.4, 0.5) is 21.9 Å². The van der Waals surface area contributed by atoms with Gasteiger partial charge in [0.25, 0.3) is 0 Å². The minimum Gasteiger partial charge on any atom is -0.444 e. The van der Waals surface area contributed by atoms with Crippen LogP contribution in [-0.2, 0) is 16.1 Å². The maximum atomic E-state index is 13.2. The fourth-order valence-corrected chi connectivity index (χ4v) is 4.24. The van der Waals surface area contributed by atoms with E-state index < -0.39 is 17.7 Å². The zero-order valence-corrected chi connectivity index (χ0v) is 22.3. The molecule has 1 atom stereocenters. The van der Waals surface area contributed by atoms with Crippen molar-refractivity contribution in [3.05, 3.63) is 72.3 Å². The first-order valence-electron chi connectivity index (χ1n) is 12.6. The van der Waals surface area contributed by atoms with Crippen LogP contribution in [0, 0.1) is 5.92 Å². The Bertz CT molecular complexity index is 1420. The topological polar surface area (TPSA) is 113 Å². The lowest BCUT2D eigenvalue weighted by Gasteiger charge is -2.25. The van der Waals surface area contributed by atoms with Gasteiger partial charge in [0.2, 0.25) is 5.91 Å². The highest BCUT2D eigenvalue weighted by Gasteiger charge is 2.27. The maximum Gasteiger partial charge on any atom is 0.408 e. The van der Waals surface area contributed by atoms with Gasteiger partial charge in [0.1, 0.15) is 11.6 Å². The smallest absolute Gasteiger partial charge is 0.408 e. The van der Waals surface area contributed by atoms with Crippen LogP contribution >= 0.6 is 0 Å². The summed E-state index contributed by atoms with van der Waals surface area (Å²) in [6.45, 7) is 8.78. The number of aromatic nitrogens is 1. The van der Waals surface area contributed by atoms with Gasteiger partial charge in [0.15, 0.2) is 0 Å². The Morgan fingerprint density at radius 3 is 2.05 bits per heavy atom. The van der Waals surface area contributed by atoms with Crippen LogP contribution in [0.15, 0.2) is 66.7 Å². The van der Waals surface area contributed by atoms with E-state index in [-0.39, 0.29) is 18.4 Å². The summed E-state index contributed by atoms with van der Waals surface area (Å²) in [7, 11) is 0. The molecule has 3 aromatic carbocycles. The fourth-order valence-electron chi connectivity index (χ4n) is 4.24. The largest absolute Gasteiger partial charge is 0.444 e. The van der Waals surface area contributed by atoms with E-state index in [1.807, 2.05) is 68.4 Å². The predicted molar refractivity (Wildman–Crippen MR) is 152 cm³/mol. The maximum absolute atomic E-state index is 13.2. The third kappa shape index (κ3) is 6.39. The highest BCUT2D eigenvalue weighted by atomic mass is 16.6. The number of nitrogens with zero attached hydrogens (tertiary/aromatic N) is 1. The zero-order chi connectivity index (χ0) is 27.4. The number of para-hydroxylation sites is 2. The Kier molecular flexibility index (Phi) is 7.83. The normalized spacial score (nSPS) is 12.4. The second-order valence-electron chi connectivity index (χ2n) is 10.6. The van der Waals surface area contributed by atoms with Crippen LogP contribution < -0.4 is 16.0 Å². The lowest BCUT2D eigenvalue weighted by molar-refractivity contribution is -0.119. The van der Waals surface area contributed by atoms with Gasteiger partial charge < -0.3 is 25.8 Å². The first kappa shape index (κ1) is 26.9.